The van der Waals surface area contributed by atoms with Gasteiger partial charge in [0.15, 0.2) is 24.1 Å². The predicted molar refractivity (Wildman–Crippen MR) is 208 cm³/mol. The number of carbonyl (C=O) groups is 6. The topological polar surface area (TPSA) is 184 Å². The largest absolute Gasteiger partial charge is 0.508 e. The second-order valence-corrected chi connectivity index (χ2v) is 14.2. The molecule has 59 heavy (non-hydrogen) atoms. The van der Waals surface area contributed by atoms with E-state index in [2.05, 4.69) is 5.32 Å². The van der Waals surface area contributed by atoms with Crippen LogP contribution in [0.4, 0.5) is 14.9 Å². The van der Waals surface area contributed by atoms with Crippen LogP contribution in [-0.2, 0) is 42.9 Å². The highest BCUT2D eigenvalue weighted by atomic mass is 19.1. The van der Waals surface area contributed by atoms with Crippen molar-refractivity contribution >= 4 is 41.4 Å². The summed E-state index contributed by atoms with van der Waals surface area (Å²) in [5.74, 6) is -3.62. The van der Waals surface area contributed by atoms with Crippen LogP contribution >= 0.6 is 0 Å². The van der Waals surface area contributed by atoms with Crippen molar-refractivity contribution in [2.24, 2.45) is 0 Å². The first-order valence-electron chi connectivity index (χ1n) is 18.9. The molecule has 14 nitrogen and oxygen atoms in total. The Morgan fingerprint density at radius 2 is 1.36 bits per heavy atom. The summed E-state index contributed by atoms with van der Waals surface area (Å²) in [5, 5.41) is 14.6. The van der Waals surface area contributed by atoms with Gasteiger partial charge in [-0.3, -0.25) is 28.9 Å². The van der Waals surface area contributed by atoms with Gasteiger partial charge >= 0.3 is 29.9 Å². The van der Waals surface area contributed by atoms with Crippen LogP contribution in [0.2, 0.25) is 0 Å². The van der Waals surface area contributed by atoms with Crippen LogP contribution in [0.1, 0.15) is 74.2 Å². The maximum absolute atomic E-state index is 13.5. The molecule has 2 aliphatic heterocycles. The third-order valence-corrected chi connectivity index (χ3v) is 9.98. The fourth-order valence-corrected chi connectivity index (χ4v) is 7.47. The van der Waals surface area contributed by atoms with E-state index in [1.807, 2.05) is 6.07 Å². The second kappa shape index (κ2) is 18.3. The number of hydrogen-bond donors (Lipinski definition) is 2. The number of ether oxygens (including phenoxy) is 5. The molecule has 0 bridgehead atoms. The average molecular weight is 811 g/mol. The summed E-state index contributed by atoms with van der Waals surface area (Å²) in [7, 11) is 0. The van der Waals surface area contributed by atoms with Crippen LogP contribution in [0.15, 0.2) is 97.1 Å². The molecular formula is C44H43FN2O12. The van der Waals surface area contributed by atoms with Crippen LogP contribution < -0.4 is 10.2 Å². The van der Waals surface area contributed by atoms with E-state index in [0.717, 1.165) is 13.8 Å². The van der Waals surface area contributed by atoms with Gasteiger partial charge in [-0.05, 0) is 65.6 Å². The van der Waals surface area contributed by atoms with E-state index in [1.165, 1.54) is 38.1 Å². The molecule has 2 aliphatic rings. The summed E-state index contributed by atoms with van der Waals surface area (Å²) in [6.07, 6.45) is -5.82. The van der Waals surface area contributed by atoms with E-state index >= 15 is 0 Å². The number of para-hydroxylation sites is 1. The summed E-state index contributed by atoms with van der Waals surface area (Å²) in [5.41, 5.74) is 3.10. The molecule has 0 spiro atoms. The van der Waals surface area contributed by atoms with Crippen LogP contribution in [0.5, 0.6) is 5.75 Å². The Balaban J connectivity index is 1.29. The highest BCUT2D eigenvalue weighted by Gasteiger charge is 2.52. The number of phenolic OH excluding ortho intramolecular Hbond substituents is 1. The van der Waals surface area contributed by atoms with Gasteiger partial charge in [0.25, 0.3) is 0 Å². The Labute approximate surface area is 339 Å². The van der Waals surface area contributed by atoms with Crippen molar-refractivity contribution < 1.29 is 61.9 Å². The minimum atomic E-state index is -1.33. The lowest BCUT2D eigenvalue weighted by Gasteiger charge is -2.44. The minimum Gasteiger partial charge on any atom is -0.508 e. The summed E-state index contributed by atoms with van der Waals surface area (Å²) in [6, 6.07) is 24.4. The van der Waals surface area contributed by atoms with E-state index in [1.54, 1.807) is 71.6 Å². The first-order chi connectivity index (χ1) is 28.2. The number of nitrogens with zero attached hydrogens (tertiary/aromatic N) is 1. The van der Waals surface area contributed by atoms with E-state index in [4.69, 9.17) is 23.7 Å². The fraction of sp³-hybridized carbons (Fsp3) is 0.318. The van der Waals surface area contributed by atoms with Gasteiger partial charge in [0.1, 0.15) is 30.4 Å². The SMILES string of the molecule is CC(=O)OC[C@H]1OC(c2ccc(-c3ccc([C@@H]4[C@H](CCC(=O)c5ccc(F)cc5)NC(=O)N4c4ccccc4)c(O)c3)cc2)[C@H](OC(C)=O)[C@@H](OC(C)=O)[C@@H]1OC(C)=O. The summed E-state index contributed by atoms with van der Waals surface area (Å²) < 4.78 is 41.6. The van der Waals surface area contributed by atoms with E-state index in [9.17, 15) is 38.3 Å². The van der Waals surface area contributed by atoms with Crippen molar-refractivity contribution in [3.05, 3.63) is 120 Å². The Morgan fingerprint density at radius 1 is 0.746 bits per heavy atom. The number of halogens is 1. The Morgan fingerprint density at radius 3 is 1.97 bits per heavy atom. The zero-order valence-corrected chi connectivity index (χ0v) is 32.7. The summed E-state index contributed by atoms with van der Waals surface area (Å²) in [4.78, 5) is 76.6. The maximum atomic E-state index is 13.5. The molecule has 2 N–H and O–H groups in total. The van der Waals surface area contributed by atoms with E-state index < -0.39 is 78.3 Å². The number of phenols is 1. The molecular weight excluding hydrogens is 767 g/mol. The van der Waals surface area contributed by atoms with Crippen molar-refractivity contribution in [3.63, 3.8) is 0 Å². The highest BCUT2D eigenvalue weighted by molar-refractivity contribution is 5.97. The number of rotatable bonds is 13. The monoisotopic (exact) mass is 810 g/mol. The number of hydrogen-bond acceptors (Lipinski definition) is 12. The summed E-state index contributed by atoms with van der Waals surface area (Å²) >= 11 is 0. The fourth-order valence-electron chi connectivity index (χ4n) is 7.47. The zero-order chi connectivity index (χ0) is 42.4. The molecule has 0 aromatic heterocycles. The van der Waals surface area contributed by atoms with Crippen molar-refractivity contribution in [2.75, 3.05) is 11.5 Å². The molecule has 4 aromatic carbocycles. The second-order valence-electron chi connectivity index (χ2n) is 14.2. The number of ketones is 1. The molecule has 4 aromatic rings. The van der Waals surface area contributed by atoms with Crippen molar-refractivity contribution in [3.8, 4) is 16.9 Å². The number of benzene rings is 4. The average Bonchev–Trinajstić information content (AvgIpc) is 3.52. The first-order valence-corrected chi connectivity index (χ1v) is 18.9. The smallest absolute Gasteiger partial charge is 0.322 e. The third-order valence-electron chi connectivity index (χ3n) is 9.98. The quantitative estimate of drug-likeness (QED) is 0.0875. The number of esters is 4. The lowest BCUT2D eigenvalue weighted by atomic mass is 9.89. The van der Waals surface area contributed by atoms with Crippen LogP contribution in [0.3, 0.4) is 0 Å². The zero-order valence-electron chi connectivity index (χ0n) is 32.7. The van der Waals surface area contributed by atoms with Crippen molar-refractivity contribution in [1.29, 1.82) is 0 Å². The molecule has 15 heteroatoms. The minimum absolute atomic E-state index is 0.0560. The number of aromatic hydroxyl groups is 1. The molecule has 0 saturated carbocycles. The van der Waals surface area contributed by atoms with Crippen LogP contribution in [0.25, 0.3) is 11.1 Å². The number of Topliss-reactive ketones (excluding diaryl/α,β-unsaturated/α-hetero) is 1. The Hall–Kier alpha value is -6.61. The molecule has 2 amide bonds. The van der Waals surface area contributed by atoms with Crippen molar-refractivity contribution in [2.45, 2.75) is 83.1 Å². The lowest BCUT2D eigenvalue weighted by molar-refractivity contribution is -0.254. The van der Waals surface area contributed by atoms with Gasteiger partial charge in [-0.15, -0.1) is 0 Å². The predicted octanol–water partition coefficient (Wildman–Crippen LogP) is 6.30. The van der Waals surface area contributed by atoms with Crippen LogP contribution in [-0.4, -0.2) is 77.9 Å². The molecule has 2 fully saturated rings. The normalized spacial score (nSPS) is 22.5. The molecule has 7 atom stereocenters. The number of nitrogens with one attached hydrogen (secondary N) is 1. The van der Waals surface area contributed by atoms with Gasteiger partial charge in [0.2, 0.25) is 0 Å². The Kier molecular flexibility index (Phi) is 13.0. The van der Waals surface area contributed by atoms with E-state index in [-0.39, 0.29) is 31.0 Å². The molecule has 2 heterocycles. The van der Waals surface area contributed by atoms with Gasteiger partial charge in [0.05, 0.1) is 12.1 Å². The molecule has 0 aliphatic carbocycles. The number of amides is 2. The van der Waals surface area contributed by atoms with Gasteiger partial charge in [-0.2, -0.15) is 0 Å². The Bertz CT molecular complexity index is 2200. The number of urea groups is 1. The maximum Gasteiger partial charge on any atom is 0.322 e. The van der Waals surface area contributed by atoms with Gasteiger partial charge < -0.3 is 34.1 Å². The molecule has 2 saturated heterocycles. The third kappa shape index (κ3) is 9.92. The first kappa shape index (κ1) is 42.0. The van der Waals surface area contributed by atoms with Gasteiger partial charge in [-0.25, -0.2) is 9.18 Å². The van der Waals surface area contributed by atoms with Gasteiger partial charge in [-0.1, -0.05) is 54.6 Å². The number of anilines is 1. The molecule has 1 unspecified atom stereocenters. The molecule has 0 radical (unpaired) electrons. The van der Waals surface area contributed by atoms with Gasteiger partial charge in [0, 0.05) is 50.9 Å². The van der Waals surface area contributed by atoms with Crippen molar-refractivity contribution in [1.82, 2.24) is 5.32 Å². The number of carbonyl (C=O) groups excluding carboxylic acids is 6. The van der Waals surface area contributed by atoms with Crippen LogP contribution in [0, 0.1) is 5.82 Å². The summed E-state index contributed by atoms with van der Waals surface area (Å²) in [6.45, 7) is 4.28. The van der Waals surface area contributed by atoms with E-state index in [0.29, 0.717) is 33.5 Å². The molecule has 6 rings (SSSR count). The standard InChI is InChI=1S/C44H43FN2O12/c1-24(48)55-23-38-41(56-25(2)49)43(58-27(4)51)42(57-26(3)50)40(59-38)30-12-10-28(11-13-30)31-16-19-34(37(53)22-31)39-35(20-21-36(52)29-14-17-32(45)18-15-29)46-44(54)47(39)33-8-6-5-7-9-33/h5-19,22,35,38-43,53H,20-21,23H2,1-4H3,(H,46,54)/t35-,38+,39+,40?,41+,42-,43-/m0/s1. The molecule has 308 valence electrons. The lowest BCUT2D eigenvalue weighted by Crippen LogP contribution is -2.59. The highest BCUT2D eigenvalue weighted by Crippen LogP contribution is 2.42.